The molecule has 0 bridgehead atoms. The number of anilines is 1. The second-order valence-corrected chi connectivity index (χ2v) is 8.80. The summed E-state index contributed by atoms with van der Waals surface area (Å²) in [6.07, 6.45) is 13.6. The van der Waals surface area contributed by atoms with Crippen LogP contribution >= 0.6 is 11.3 Å². The van der Waals surface area contributed by atoms with Gasteiger partial charge in [0.1, 0.15) is 0 Å². The molecule has 0 atom stereocenters. The van der Waals surface area contributed by atoms with E-state index in [-0.39, 0.29) is 12.6 Å². The van der Waals surface area contributed by atoms with Crippen molar-refractivity contribution in [2.24, 2.45) is 5.92 Å². The Bertz CT molecular complexity index is 547. The van der Waals surface area contributed by atoms with E-state index in [0.29, 0.717) is 17.2 Å². The highest BCUT2D eigenvalue weighted by atomic mass is 32.1. The van der Waals surface area contributed by atoms with Crippen LogP contribution in [-0.2, 0) is 6.61 Å². The lowest BCUT2D eigenvalue weighted by atomic mass is 9.85. The van der Waals surface area contributed by atoms with Crippen LogP contribution < -0.4 is 5.32 Å². The standard InChI is InChI=1S/C19H31N3O2S/c1-14-8-10-16(11-9-14)22(15-6-4-2-3-5-7-15)19(24)21-18-20-12-17(13-23)25-18/h12,14-16,23H,2-11,13H2,1H3,(H,20,21,24)/t14-,16-. The number of hydrogen-bond donors (Lipinski definition) is 2. The number of nitrogens with one attached hydrogen (secondary N) is 1. The van der Waals surface area contributed by atoms with Crippen molar-refractivity contribution in [3.8, 4) is 0 Å². The smallest absolute Gasteiger partial charge is 0.324 e. The van der Waals surface area contributed by atoms with Gasteiger partial charge in [0.25, 0.3) is 0 Å². The molecule has 2 saturated carbocycles. The van der Waals surface area contributed by atoms with Gasteiger partial charge in [-0.1, -0.05) is 43.9 Å². The fourth-order valence-corrected chi connectivity index (χ4v) is 4.94. The van der Waals surface area contributed by atoms with Crippen LogP contribution in [0.1, 0.15) is 76.0 Å². The molecule has 2 amide bonds. The minimum absolute atomic E-state index is 0.00490. The molecule has 0 spiro atoms. The van der Waals surface area contributed by atoms with Gasteiger partial charge in [-0.25, -0.2) is 9.78 Å². The summed E-state index contributed by atoms with van der Waals surface area (Å²) < 4.78 is 0. The summed E-state index contributed by atoms with van der Waals surface area (Å²) in [5, 5.41) is 12.8. The van der Waals surface area contributed by atoms with Crippen molar-refractivity contribution in [1.82, 2.24) is 9.88 Å². The molecule has 0 saturated heterocycles. The number of nitrogens with zero attached hydrogens (tertiary/aromatic N) is 2. The second kappa shape index (κ2) is 8.99. The van der Waals surface area contributed by atoms with Gasteiger partial charge in [0.05, 0.1) is 11.5 Å². The van der Waals surface area contributed by atoms with Crippen LogP contribution in [0.4, 0.5) is 9.93 Å². The fourth-order valence-electron chi connectivity index (χ4n) is 4.28. The zero-order valence-electron chi connectivity index (χ0n) is 15.2. The first kappa shape index (κ1) is 18.6. The second-order valence-electron chi connectivity index (χ2n) is 7.69. The first-order valence-electron chi connectivity index (χ1n) is 9.82. The van der Waals surface area contributed by atoms with Crippen molar-refractivity contribution in [2.45, 2.75) is 89.8 Å². The average Bonchev–Trinajstić information content (AvgIpc) is 2.90. The molecule has 25 heavy (non-hydrogen) atoms. The lowest BCUT2D eigenvalue weighted by molar-refractivity contribution is 0.116. The van der Waals surface area contributed by atoms with Gasteiger partial charge in [-0.15, -0.1) is 0 Å². The number of thiazole rings is 1. The molecule has 2 N–H and O–H groups in total. The van der Waals surface area contributed by atoms with Gasteiger partial charge in [-0.05, 0) is 44.4 Å². The van der Waals surface area contributed by atoms with Crippen LogP contribution in [0, 0.1) is 5.92 Å². The van der Waals surface area contributed by atoms with E-state index in [4.69, 9.17) is 0 Å². The lowest BCUT2D eigenvalue weighted by Gasteiger charge is -2.40. The number of aliphatic hydroxyl groups excluding tert-OH is 1. The number of carbonyl (C=O) groups excluding carboxylic acids is 1. The molecule has 0 aliphatic heterocycles. The highest BCUT2D eigenvalue weighted by Gasteiger charge is 2.33. The lowest BCUT2D eigenvalue weighted by Crippen LogP contribution is -2.50. The van der Waals surface area contributed by atoms with Crippen LogP contribution in [0.15, 0.2) is 6.20 Å². The van der Waals surface area contributed by atoms with E-state index in [1.54, 1.807) is 6.20 Å². The Morgan fingerprint density at radius 2 is 1.80 bits per heavy atom. The molecule has 1 heterocycles. The highest BCUT2D eigenvalue weighted by Crippen LogP contribution is 2.32. The Morgan fingerprint density at radius 3 is 2.40 bits per heavy atom. The summed E-state index contributed by atoms with van der Waals surface area (Å²) >= 11 is 1.36. The highest BCUT2D eigenvalue weighted by molar-refractivity contribution is 7.15. The predicted octanol–water partition coefficient (Wildman–Crippen LogP) is 4.77. The third-order valence-electron chi connectivity index (χ3n) is 5.75. The number of amides is 2. The Labute approximate surface area is 154 Å². The van der Waals surface area contributed by atoms with E-state index < -0.39 is 0 Å². The van der Waals surface area contributed by atoms with Crippen LogP contribution in [0.3, 0.4) is 0 Å². The third kappa shape index (κ3) is 4.94. The van der Waals surface area contributed by atoms with Crippen LogP contribution in [0.5, 0.6) is 0 Å². The van der Waals surface area contributed by atoms with Gasteiger partial charge < -0.3 is 10.0 Å². The van der Waals surface area contributed by atoms with Crippen LogP contribution in [-0.4, -0.2) is 33.1 Å². The molecule has 2 aliphatic rings. The number of urea groups is 1. The van der Waals surface area contributed by atoms with Crippen molar-refractivity contribution < 1.29 is 9.90 Å². The SMILES string of the molecule is C[C@H]1CC[C@H](N(C(=O)Nc2ncc(CO)s2)C2CCCCCC2)CC1. The maximum Gasteiger partial charge on any atom is 0.324 e. The molecule has 1 aromatic heterocycles. The van der Waals surface area contributed by atoms with Crippen molar-refractivity contribution in [1.29, 1.82) is 0 Å². The molecule has 140 valence electrons. The molecule has 2 fully saturated rings. The van der Waals surface area contributed by atoms with Gasteiger partial charge in [0.15, 0.2) is 5.13 Å². The predicted molar refractivity (Wildman–Crippen MR) is 102 cm³/mol. The summed E-state index contributed by atoms with van der Waals surface area (Å²) in [5.74, 6) is 0.779. The minimum atomic E-state index is -0.0274. The summed E-state index contributed by atoms with van der Waals surface area (Å²) in [4.78, 5) is 20.3. The molecule has 2 aliphatic carbocycles. The van der Waals surface area contributed by atoms with E-state index in [1.165, 1.54) is 49.9 Å². The van der Waals surface area contributed by atoms with Gasteiger partial charge in [-0.3, -0.25) is 5.32 Å². The summed E-state index contributed by atoms with van der Waals surface area (Å²) in [6, 6.07) is 0.722. The van der Waals surface area contributed by atoms with Gasteiger partial charge >= 0.3 is 6.03 Å². The number of aromatic nitrogens is 1. The summed E-state index contributed by atoms with van der Waals surface area (Å²) in [6.45, 7) is 2.29. The Balaban J connectivity index is 1.72. The number of rotatable bonds is 4. The topological polar surface area (TPSA) is 65.5 Å². The number of aliphatic hydroxyl groups is 1. The zero-order valence-corrected chi connectivity index (χ0v) is 16.1. The first-order chi connectivity index (χ1) is 12.2. The maximum atomic E-state index is 13.1. The molecule has 0 aromatic carbocycles. The van der Waals surface area contributed by atoms with Crippen molar-refractivity contribution in [3.63, 3.8) is 0 Å². The Kier molecular flexibility index (Phi) is 6.70. The molecular weight excluding hydrogens is 334 g/mol. The van der Waals surface area contributed by atoms with Crippen LogP contribution in [0.25, 0.3) is 0 Å². The van der Waals surface area contributed by atoms with E-state index >= 15 is 0 Å². The minimum Gasteiger partial charge on any atom is -0.391 e. The average molecular weight is 366 g/mol. The largest absolute Gasteiger partial charge is 0.391 e. The van der Waals surface area contributed by atoms with Crippen LogP contribution in [0.2, 0.25) is 0 Å². The molecule has 0 unspecified atom stereocenters. The molecule has 3 rings (SSSR count). The normalized spacial score (nSPS) is 25.4. The summed E-state index contributed by atoms with van der Waals surface area (Å²) in [5.41, 5.74) is 0. The van der Waals surface area contributed by atoms with E-state index in [9.17, 15) is 9.90 Å². The van der Waals surface area contributed by atoms with E-state index in [0.717, 1.165) is 36.5 Å². The van der Waals surface area contributed by atoms with Gasteiger partial charge in [0, 0.05) is 18.3 Å². The fraction of sp³-hybridized carbons (Fsp3) is 0.789. The molecule has 5 nitrogen and oxygen atoms in total. The van der Waals surface area contributed by atoms with Gasteiger partial charge in [0.2, 0.25) is 0 Å². The number of hydrogen-bond acceptors (Lipinski definition) is 4. The molecule has 1 aromatic rings. The summed E-state index contributed by atoms with van der Waals surface area (Å²) in [7, 11) is 0. The van der Waals surface area contributed by atoms with E-state index in [2.05, 4.69) is 22.1 Å². The van der Waals surface area contributed by atoms with E-state index in [1.807, 2.05) is 0 Å². The van der Waals surface area contributed by atoms with Gasteiger partial charge in [-0.2, -0.15) is 0 Å². The monoisotopic (exact) mass is 365 g/mol. The maximum absolute atomic E-state index is 13.1. The first-order valence-corrected chi connectivity index (χ1v) is 10.6. The third-order valence-corrected chi connectivity index (χ3v) is 6.65. The molecule has 0 radical (unpaired) electrons. The number of carbonyl (C=O) groups is 1. The van der Waals surface area contributed by atoms with Crippen molar-refractivity contribution in [3.05, 3.63) is 11.1 Å². The zero-order chi connectivity index (χ0) is 17.6. The Hall–Kier alpha value is -1.14. The van der Waals surface area contributed by atoms with Crippen molar-refractivity contribution in [2.75, 3.05) is 5.32 Å². The quantitative estimate of drug-likeness (QED) is 0.755. The molecule has 6 heteroatoms. The molecular formula is C19H31N3O2S. The Morgan fingerprint density at radius 1 is 1.16 bits per heavy atom. The van der Waals surface area contributed by atoms with Crippen molar-refractivity contribution >= 4 is 22.5 Å².